The fourth-order valence-electron chi connectivity index (χ4n) is 5.08. The lowest BCUT2D eigenvalue weighted by Crippen LogP contribution is -2.36. The second kappa shape index (κ2) is 15.3. The number of carbonyl (C=O) groups excluding carboxylic acids is 3. The van der Waals surface area contributed by atoms with Gasteiger partial charge in [-0.3, -0.25) is 9.59 Å². The minimum Gasteiger partial charge on any atom is -0.495 e. The number of methoxy groups -OCH3 is 1. The van der Waals surface area contributed by atoms with Gasteiger partial charge in [0, 0.05) is 43.0 Å². The van der Waals surface area contributed by atoms with Gasteiger partial charge in [-0.15, -0.1) is 5.10 Å². The average Bonchev–Trinajstić information content (AvgIpc) is 3.54. The monoisotopic (exact) mass is 731 g/mol. The van der Waals surface area contributed by atoms with E-state index in [1.54, 1.807) is 45.2 Å². The number of pyridine rings is 1. The maximum Gasteiger partial charge on any atom is 0.424 e. The van der Waals surface area contributed by atoms with Crippen LogP contribution in [0, 0.1) is 11.2 Å². The summed E-state index contributed by atoms with van der Waals surface area (Å²) in [4.78, 5) is 44.4. The number of halogens is 1. The fraction of sp³-hybridized carbons (Fsp3) is 0.270. The van der Waals surface area contributed by atoms with Gasteiger partial charge < -0.3 is 19.9 Å². The number of ether oxygens (including phenoxy) is 3. The topological polar surface area (TPSA) is 172 Å². The Balaban J connectivity index is 1.41. The number of carbonyl (C=O) groups is 3. The Morgan fingerprint density at radius 3 is 2.27 bits per heavy atom. The van der Waals surface area contributed by atoms with Crippen LogP contribution in [0.15, 0.2) is 90.0 Å². The first kappa shape index (κ1) is 37.6. The van der Waals surface area contributed by atoms with E-state index in [0.717, 1.165) is 33.4 Å². The van der Waals surface area contributed by atoms with Crippen molar-refractivity contribution in [1.82, 2.24) is 14.6 Å². The van der Waals surface area contributed by atoms with Gasteiger partial charge >= 0.3 is 12.1 Å². The van der Waals surface area contributed by atoms with Crippen molar-refractivity contribution in [2.24, 2.45) is 11.1 Å². The van der Waals surface area contributed by atoms with Crippen LogP contribution in [0.3, 0.4) is 0 Å². The highest BCUT2D eigenvalue weighted by Gasteiger charge is 2.31. The molecule has 5 aromatic rings. The van der Waals surface area contributed by atoms with E-state index in [4.69, 9.17) is 19.9 Å². The summed E-state index contributed by atoms with van der Waals surface area (Å²) in [5, 5.41) is 4.51. The molecule has 0 bridgehead atoms. The van der Waals surface area contributed by atoms with Crippen molar-refractivity contribution in [2.75, 3.05) is 31.6 Å². The van der Waals surface area contributed by atoms with E-state index in [9.17, 15) is 27.2 Å². The number of aromatic nitrogens is 3. The normalized spacial score (nSPS) is 12.3. The van der Waals surface area contributed by atoms with Gasteiger partial charge in [-0.05, 0) is 66.9 Å². The summed E-state index contributed by atoms with van der Waals surface area (Å²) in [5.74, 6) is -1.57. The Kier molecular flexibility index (Phi) is 11.1. The number of amides is 1. The standard InChI is InChI=1S/C37H38FN5O8S/c1-23(25-10-13-28(38)14-11-25)31(44)18-24-6-8-26(9-7-24)27-12-17-33-40-35(41-42(33)20-27)43(36(46)51-22-50-34(45)37(2,3)21-39)30-16-15-29(52(5,47)48)19-32(30)49-4/h6-17,19-20,23H,18,21-22,39H2,1-5H3/t23-/m1/s1. The van der Waals surface area contributed by atoms with Crippen molar-refractivity contribution in [1.29, 1.82) is 0 Å². The van der Waals surface area contributed by atoms with Crippen molar-refractivity contribution in [3.63, 3.8) is 0 Å². The third-order valence-corrected chi connectivity index (χ3v) is 9.59. The molecule has 2 aromatic heterocycles. The molecule has 272 valence electrons. The van der Waals surface area contributed by atoms with Crippen molar-refractivity contribution in [3.8, 4) is 16.9 Å². The molecule has 0 radical (unpaired) electrons. The molecule has 0 aliphatic rings. The fourth-order valence-corrected chi connectivity index (χ4v) is 5.72. The number of sulfone groups is 1. The molecule has 0 unspecified atom stereocenters. The van der Waals surface area contributed by atoms with Gasteiger partial charge in [0.1, 0.15) is 17.3 Å². The molecule has 1 amide bonds. The van der Waals surface area contributed by atoms with E-state index in [2.05, 4.69) is 10.1 Å². The Labute approximate surface area is 300 Å². The van der Waals surface area contributed by atoms with Crippen molar-refractivity contribution < 1.29 is 41.4 Å². The molecule has 0 aliphatic heterocycles. The zero-order valence-corrected chi connectivity index (χ0v) is 30.0. The highest BCUT2D eigenvalue weighted by atomic mass is 32.2. The van der Waals surface area contributed by atoms with Gasteiger partial charge in [0.15, 0.2) is 15.5 Å². The summed E-state index contributed by atoms with van der Waals surface area (Å²) >= 11 is 0. The van der Waals surface area contributed by atoms with Gasteiger partial charge in [-0.1, -0.05) is 43.3 Å². The molecule has 2 heterocycles. The molecule has 5 rings (SSSR count). The van der Waals surface area contributed by atoms with E-state index in [1.165, 1.54) is 42.0 Å². The lowest BCUT2D eigenvalue weighted by atomic mass is 9.92. The molecule has 2 N–H and O–H groups in total. The van der Waals surface area contributed by atoms with Gasteiger partial charge in [-0.2, -0.15) is 4.98 Å². The van der Waals surface area contributed by atoms with E-state index in [1.807, 2.05) is 30.3 Å². The Hall–Kier alpha value is -5.67. The lowest BCUT2D eigenvalue weighted by Gasteiger charge is -2.22. The van der Waals surface area contributed by atoms with Crippen molar-refractivity contribution in [3.05, 3.63) is 102 Å². The maximum absolute atomic E-state index is 13.6. The van der Waals surface area contributed by atoms with Crippen molar-refractivity contribution >= 4 is 45.0 Å². The van der Waals surface area contributed by atoms with Crippen LogP contribution in [-0.2, 0) is 35.3 Å². The third kappa shape index (κ3) is 8.44. The number of nitrogens with zero attached hydrogens (tertiary/aromatic N) is 4. The van der Waals surface area contributed by atoms with Crippen LogP contribution < -0.4 is 15.4 Å². The van der Waals surface area contributed by atoms with Gasteiger partial charge in [0.25, 0.3) is 5.95 Å². The Morgan fingerprint density at radius 2 is 1.63 bits per heavy atom. The minimum atomic E-state index is -3.63. The third-order valence-electron chi connectivity index (χ3n) is 8.48. The smallest absolute Gasteiger partial charge is 0.424 e. The average molecular weight is 732 g/mol. The number of ketones is 1. The van der Waals surface area contributed by atoms with Gasteiger partial charge in [0.2, 0.25) is 6.79 Å². The van der Waals surface area contributed by atoms with E-state index in [0.29, 0.717) is 5.65 Å². The van der Waals surface area contributed by atoms with E-state index < -0.39 is 40.0 Å². The van der Waals surface area contributed by atoms with Gasteiger partial charge in [0.05, 0.1) is 23.1 Å². The number of hydrogen-bond donors (Lipinski definition) is 1. The summed E-state index contributed by atoms with van der Waals surface area (Å²) in [6, 6.07) is 20.8. The maximum atomic E-state index is 13.6. The first-order chi connectivity index (χ1) is 24.6. The van der Waals surface area contributed by atoms with Crippen LogP contribution in [0.5, 0.6) is 5.75 Å². The molecule has 0 saturated heterocycles. The second-order valence-corrected chi connectivity index (χ2v) is 14.8. The largest absolute Gasteiger partial charge is 0.495 e. The predicted molar refractivity (Wildman–Crippen MR) is 190 cm³/mol. The van der Waals surface area contributed by atoms with Crippen LogP contribution in [0.2, 0.25) is 0 Å². The molecule has 0 spiro atoms. The molecule has 3 aromatic carbocycles. The minimum absolute atomic E-state index is 0.000785. The summed E-state index contributed by atoms with van der Waals surface area (Å²) in [5.41, 5.74) is 8.17. The van der Waals surface area contributed by atoms with Crippen LogP contribution >= 0.6 is 0 Å². The molecule has 1 atom stereocenters. The van der Waals surface area contributed by atoms with Crippen LogP contribution in [0.25, 0.3) is 16.8 Å². The quantitative estimate of drug-likeness (QED) is 0.118. The number of rotatable bonds is 13. The van der Waals surface area contributed by atoms with Crippen LogP contribution in [0.4, 0.5) is 20.8 Å². The Bertz CT molecular complexity index is 2220. The number of Topliss-reactive ketones (excluding diaryl/α,β-unsaturated/α-hetero) is 1. The molecule has 0 saturated carbocycles. The SMILES string of the molecule is COc1cc(S(C)(=O)=O)ccc1N(C(=O)OCOC(=O)C(C)(C)CN)c1nc2ccc(-c3ccc(CC(=O)[C@H](C)c4ccc(F)cc4)cc3)cn2n1. The number of benzene rings is 3. The molecule has 13 nitrogen and oxygen atoms in total. The van der Waals surface area contributed by atoms with Crippen LogP contribution in [0.1, 0.15) is 37.8 Å². The molecular formula is C37H38FN5O8S. The van der Waals surface area contributed by atoms with Crippen molar-refractivity contribution in [2.45, 2.75) is 38.0 Å². The molecule has 0 fully saturated rings. The lowest BCUT2D eigenvalue weighted by molar-refractivity contribution is -0.161. The summed E-state index contributed by atoms with van der Waals surface area (Å²) < 4.78 is 55.1. The number of hydrogen-bond acceptors (Lipinski definition) is 11. The van der Waals surface area contributed by atoms with E-state index in [-0.39, 0.29) is 46.8 Å². The van der Waals surface area contributed by atoms with Gasteiger partial charge in [-0.25, -0.2) is 27.0 Å². The van der Waals surface area contributed by atoms with Crippen LogP contribution in [-0.4, -0.2) is 67.6 Å². The number of nitrogens with two attached hydrogens (primary N) is 1. The number of anilines is 2. The zero-order chi connectivity index (χ0) is 37.8. The number of fused-ring (bicyclic) bond motifs is 1. The summed E-state index contributed by atoms with van der Waals surface area (Å²) in [6.45, 7) is 4.23. The molecule has 52 heavy (non-hydrogen) atoms. The molecular weight excluding hydrogens is 693 g/mol. The first-order valence-corrected chi connectivity index (χ1v) is 18.0. The summed E-state index contributed by atoms with van der Waals surface area (Å²) in [6.07, 6.45) is 1.90. The highest BCUT2D eigenvalue weighted by molar-refractivity contribution is 7.90. The zero-order valence-electron chi connectivity index (χ0n) is 29.2. The predicted octanol–water partition coefficient (Wildman–Crippen LogP) is 5.62. The highest BCUT2D eigenvalue weighted by Crippen LogP contribution is 2.35. The Morgan fingerprint density at radius 1 is 0.962 bits per heavy atom. The summed E-state index contributed by atoms with van der Waals surface area (Å²) in [7, 11) is -2.32. The van der Waals surface area contributed by atoms with E-state index >= 15 is 0 Å². The molecule has 0 aliphatic carbocycles. The first-order valence-electron chi connectivity index (χ1n) is 16.1. The number of esters is 1. The second-order valence-electron chi connectivity index (χ2n) is 12.7. The molecule has 15 heteroatoms.